The van der Waals surface area contributed by atoms with Gasteiger partial charge < -0.3 is 20.6 Å². The lowest BCUT2D eigenvalue weighted by Crippen LogP contribution is -2.52. The highest BCUT2D eigenvalue weighted by atomic mass is 16.3. The summed E-state index contributed by atoms with van der Waals surface area (Å²) in [6.45, 7) is 9.45. The molecular weight excluding hydrogens is 707 g/mol. The summed E-state index contributed by atoms with van der Waals surface area (Å²) in [5.74, 6) is 3.80. The van der Waals surface area contributed by atoms with Crippen molar-refractivity contribution in [1.82, 2.24) is 20.1 Å². The number of nitrogens with one attached hydrogen (secondary N) is 1. The number of rotatable bonds is 7. The van der Waals surface area contributed by atoms with Crippen LogP contribution < -0.4 is 11.1 Å². The number of phenols is 1. The fourth-order valence-corrected chi connectivity index (χ4v) is 8.49. The zero-order chi connectivity index (χ0) is 39.9. The van der Waals surface area contributed by atoms with Crippen LogP contribution in [0.2, 0.25) is 0 Å². The Bertz CT molecular complexity index is 2330. The highest BCUT2D eigenvalue weighted by Gasteiger charge is 2.40. The molecule has 4 N–H and O–H groups in total. The van der Waals surface area contributed by atoms with E-state index in [1.807, 2.05) is 54.3 Å². The van der Waals surface area contributed by atoms with Crippen molar-refractivity contribution in [1.29, 1.82) is 0 Å². The fourth-order valence-electron chi connectivity index (χ4n) is 8.49. The van der Waals surface area contributed by atoms with Crippen LogP contribution in [0.3, 0.4) is 0 Å². The monoisotopic (exact) mass is 753 g/mol. The number of hydrogen-bond acceptors (Lipinski definition) is 7. The van der Waals surface area contributed by atoms with Gasteiger partial charge in [-0.1, -0.05) is 69.9 Å². The Morgan fingerprint density at radius 1 is 1.02 bits per heavy atom. The van der Waals surface area contributed by atoms with Crippen LogP contribution in [-0.2, 0) is 26.3 Å². The Labute approximate surface area is 326 Å². The number of carbonyl (C=O) groups excluding carboxylic acids is 5. The van der Waals surface area contributed by atoms with Gasteiger partial charge in [-0.3, -0.25) is 34.3 Å². The number of imide groups is 1. The van der Waals surface area contributed by atoms with E-state index in [4.69, 9.17) is 5.73 Å². The van der Waals surface area contributed by atoms with E-state index in [-0.39, 0.29) is 47.8 Å². The molecule has 1 aromatic heterocycles. The van der Waals surface area contributed by atoms with Gasteiger partial charge in [0.1, 0.15) is 17.3 Å². The molecule has 3 unspecified atom stereocenters. The normalized spacial score (nSPS) is 18.6. The molecule has 3 aromatic carbocycles. The van der Waals surface area contributed by atoms with Crippen molar-refractivity contribution in [2.75, 3.05) is 13.1 Å². The zero-order valence-corrected chi connectivity index (χ0v) is 32.2. The molecule has 3 aliphatic heterocycles. The largest absolute Gasteiger partial charge is 0.505 e. The van der Waals surface area contributed by atoms with Crippen molar-refractivity contribution in [2.45, 2.75) is 83.7 Å². The average Bonchev–Trinajstić information content (AvgIpc) is 3.52. The Morgan fingerprint density at radius 2 is 1.77 bits per heavy atom. The van der Waals surface area contributed by atoms with Crippen LogP contribution in [0.1, 0.15) is 114 Å². The van der Waals surface area contributed by atoms with Crippen LogP contribution in [-0.4, -0.2) is 68.6 Å². The van der Waals surface area contributed by atoms with Gasteiger partial charge in [-0.2, -0.15) is 0 Å². The number of fused-ring (bicyclic) bond motifs is 2. The highest BCUT2D eigenvalue weighted by molar-refractivity contribution is 6.05. The number of likely N-dealkylation sites (tertiary alicyclic amines) is 1. The van der Waals surface area contributed by atoms with E-state index < -0.39 is 29.7 Å². The molecule has 0 bridgehead atoms. The Balaban J connectivity index is 1.09. The summed E-state index contributed by atoms with van der Waals surface area (Å²) in [5, 5.41) is 14.9. The Hall–Kier alpha value is -6.02. The zero-order valence-electron chi connectivity index (χ0n) is 32.2. The summed E-state index contributed by atoms with van der Waals surface area (Å²) >= 11 is 0. The lowest BCUT2D eigenvalue weighted by molar-refractivity contribution is -0.137. The molecule has 0 saturated carbocycles. The molecule has 0 aliphatic carbocycles. The molecule has 3 atom stereocenters. The second-order valence-electron chi connectivity index (χ2n) is 16.1. The first kappa shape index (κ1) is 38.3. The second-order valence-corrected chi connectivity index (χ2v) is 16.1. The molecule has 288 valence electrons. The summed E-state index contributed by atoms with van der Waals surface area (Å²) in [7, 11) is 0. The number of aromatic nitrogens is 1. The number of aromatic hydroxyl groups is 1. The molecule has 11 nitrogen and oxygen atoms in total. The summed E-state index contributed by atoms with van der Waals surface area (Å²) in [6, 6.07) is 17.8. The predicted molar refractivity (Wildman–Crippen MR) is 211 cm³/mol. The molecule has 56 heavy (non-hydrogen) atoms. The van der Waals surface area contributed by atoms with Crippen molar-refractivity contribution < 1.29 is 29.1 Å². The molecule has 4 heterocycles. The standard InChI is InChI=1S/C45H47N5O6/c1-5-30(41(46)53)38(33-24-35(45(2,3)4)32-13-8-20-47-39(32)40(33)52)28-10-6-11-29(23-28)43(55)49-21-18-26(19-22-49)14-15-27-9-7-12-31-34(27)25-50(44(31)56)36-16-17-37(51)48-42(36)54/h6-13,20,23-24,26,30,36,38,52H,5,16-19,21-22,25H2,1-4H3,(H2,46,53)(H,48,51,54). The number of benzene rings is 3. The van der Waals surface area contributed by atoms with Gasteiger partial charge in [0.25, 0.3) is 11.8 Å². The average molecular weight is 754 g/mol. The molecule has 2 saturated heterocycles. The number of hydrogen-bond donors (Lipinski definition) is 3. The number of carbonyl (C=O) groups is 5. The first-order valence-corrected chi connectivity index (χ1v) is 19.3. The number of primary amides is 1. The van der Waals surface area contributed by atoms with Crippen molar-refractivity contribution in [2.24, 2.45) is 17.6 Å². The third-order valence-corrected chi connectivity index (χ3v) is 11.5. The van der Waals surface area contributed by atoms with Crippen LogP contribution in [0, 0.1) is 23.7 Å². The minimum atomic E-state index is -0.692. The number of piperidine rings is 2. The fraction of sp³-hybridized carbons (Fsp3) is 0.378. The predicted octanol–water partition coefficient (Wildman–Crippen LogP) is 5.55. The molecule has 2 fully saturated rings. The molecule has 5 amide bonds. The third kappa shape index (κ3) is 7.24. The van der Waals surface area contributed by atoms with Crippen LogP contribution in [0.15, 0.2) is 66.9 Å². The second kappa shape index (κ2) is 15.3. The minimum absolute atomic E-state index is 0.00286. The van der Waals surface area contributed by atoms with E-state index in [1.54, 1.807) is 24.4 Å². The molecular formula is C45H47N5O6. The van der Waals surface area contributed by atoms with E-state index in [0.29, 0.717) is 66.5 Å². The van der Waals surface area contributed by atoms with Crippen molar-refractivity contribution in [3.63, 3.8) is 0 Å². The maximum Gasteiger partial charge on any atom is 0.255 e. The summed E-state index contributed by atoms with van der Waals surface area (Å²) in [6.07, 6.45) is 3.90. The van der Waals surface area contributed by atoms with Gasteiger partial charge in [0.2, 0.25) is 17.7 Å². The number of amides is 5. The maximum absolute atomic E-state index is 14.0. The summed E-state index contributed by atoms with van der Waals surface area (Å²) in [4.78, 5) is 72.3. The van der Waals surface area contributed by atoms with Gasteiger partial charge in [-0.05, 0) is 78.1 Å². The first-order chi connectivity index (χ1) is 26.8. The van der Waals surface area contributed by atoms with E-state index >= 15 is 0 Å². The van der Waals surface area contributed by atoms with Crippen LogP contribution in [0.25, 0.3) is 10.9 Å². The minimum Gasteiger partial charge on any atom is -0.505 e. The Morgan fingerprint density at radius 3 is 2.46 bits per heavy atom. The van der Waals surface area contributed by atoms with Crippen molar-refractivity contribution in [3.05, 3.63) is 106 Å². The smallest absolute Gasteiger partial charge is 0.255 e. The SMILES string of the molecule is CCC(C(N)=O)C(c1cccc(C(=O)N2CCC(C#Cc3cccc4c3CN(C3CCC(=O)NC3=O)C4=O)CC2)c1)c1cc(C(C)(C)C)c2cccnc2c1O. The number of nitrogens with zero attached hydrogens (tertiary/aromatic N) is 3. The molecule has 3 aliphatic rings. The van der Waals surface area contributed by atoms with Gasteiger partial charge in [-0.15, -0.1) is 0 Å². The van der Waals surface area contributed by atoms with Crippen LogP contribution in [0.5, 0.6) is 5.75 Å². The summed E-state index contributed by atoms with van der Waals surface area (Å²) < 4.78 is 0. The van der Waals surface area contributed by atoms with Gasteiger partial charge in [-0.25, -0.2) is 0 Å². The van der Waals surface area contributed by atoms with Gasteiger partial charge in [0.05, 0.1) is 0 Å². The molecule has 0 radical (unpaired) electrons. The molecule has 11 heteroatoms. The van der Waals surface area contributed by atoms with Gasteiger partial charge >= 0.3 is 0 Å². The topological polar surface area (TPSA) is 163 Å². The van der Waals surface area contributed by atoms with Gasteiger partial charge in [0, 0.05) is 77.6 Å². The lowest BCUT2D eigenvalue weighted by atomic mass is 9.75. The highest BCUT2D eigenvalue weighted by Crippen LogP contribution is 2.45. The van der Waals surface area contributed by atoms with Crippen LogP contribution in [0.4, 0.5) is 0 Å². The lowest BCUT2D eigenvalue weighted by Gasteiger charge is -2.31. The summed E-state index contributed by atoms with van der Waals surface area (Å²) in [5.41, 5.74) is 10.9. The molecule has 7 rings (SSSR count). The Kier molecular flexibility index (Phi) is 10.4. The van der Waals surface area contributed by atoms with Crippen molar-refractivity contribution >= 4 is 40.4 Å². The third-order valence-electron chi connectivity index (χ3n) is 11.5. The number of phenolic OH excluding ortho intramolecular Hbond substituents is 1. The quantitative estimate of drug-likeness (QED) is 0.165. The maximum atomic E-state index is 14.0. The molecule has 0 spiro atoms. The number of nitrogens with two attached hydrogens (primary N) is 1. The van der Waals surface area contributed by atoms with Crippen LogP contribution >= 0.6 is 0 Å². The van der Waals surface area contributed by atoms with Crippen molar-refractivity contribution in [3.8, 4) is 17.6 Å². The van der Waals surface area contributed by atoms with E-state index in [9.17, 15) is 29.1 Å². The number of pyridine rings is 1. The van der Waals surface area contributed by atoms with Gasteiger partial charge in [0.15, 0.2) is 0 Å². The van der Waals surface area contributed by atoms with E-state index in [2.05, 4.69) is 42.9 Å². The van der Waals surface area contributed by atoms with E-state index in [1.165, 1.54) is 4.90 Å². The first-order valence-electron chi connectivity index (χ1n) is 19.3. The molecule has 4 aromatic rings. The van der Waals surface area contributed by atoms with E-state index in [0.717, 1.165) is 22.1 Å².